The van der Waals surface area contributed by atoms with Crippen molar-refractivity contribution in [1.82, 2.24) is 10.2 Å². The van der Waals surface area contributed by atoms with Crippen LogP contribution in [0.15, 0.2) is 0 Å². The normalized spacial score (nSPS) is 31.2. The fraction of sp³-hybridized carbons (Fsp3) is 0.577. The number of phenolic OH excluding ortho intramolecular Hbond substituents is 1. The Bertz CT molecular complexity index is 1290. The molecule has 6 atom stereocenters. The molecule has 0 aliphatic heterocycles. The van der Waals surface area contributed by atoms with Crippen molar-refractivity contribution in [1.29, 1.82) is 0 Å². The van der Waals surface area contributed by atoms with E-state index in [1.807, 2.05) is 0 Å². The van der Waals surface area contributed by atoms with E-state index in [0.29, 0.717) is 0 Å². The van der Waals surface area contributed by atoms with Gasteiger partial charge in [0.1, 0.15) is 5.82 Å². The minimum absolute atomic E-state index is 0.225. The smallest absolute Gasteiger partial charge is 0.235 e. The molecule has 0 bridgehead atoms. The number of nitrogens with two attached hydrogens (primary N) is 1. The lowest BCUT2D eigenvalue weighted by Gasteiger charge is -2.52. The number of benzene rings is 1. The Balaban J connectivity index is 1.85. The van der Waals surface area contributed by atoms with Crippen molar-refractivity contribution in [3.8, 4) is 5.75 Å². The predicted octanol–water partition coefficient (Wildman–Crippen LogP) is 0.0333. The van der Waals surface area contributed by atoms with Gasteiger partial charge in [-0.3, -0.25) is 28.9 Å². The van der Waals surface area contributed by atoms with Crippen molar-refractivity contribution < 1.29 is 43.0 Å². The largest absolute Gasteiger partial charge is 0.504 e. The first-order chi connectivity index (χ1) is 17.4. The van der Waals surface area contributed by atoms with Gasteiger partial charge in [0.05, 0.1) is 17.5 Å². The van der Waals surface area contributed by atoms with Crippen LogP contribution >= 0.6 is 0 Å². The van der Waals surface area contributed by atoms with Crippen LogP contribution < -0.4 is 11.1 Å². The number of carbonyl (C=O) groups is 5. The number of primary amides is 1. The molecule has 0 radical (unpaired) electrons. The monoisotopic (exact) mass is 535 g/mol. The first-order valence-electron chi connectivity index (χ1n) is 12.3. The summed E-state index contributed by atoms with van der Waals surface area (Å²) in [5, 5.41) is 25.0. The third kappa shape index (κ3) is 3.88. The lowest BCUT2D eigenvalue weighted by molar-refractivity contribution is -0.181. The molecule has 1 aromatic carbocycles. The van der Waals surface area contributed by atoms with Crippen molar-refractivity contribution in [2.75, 3.05) is 14.1 Å². The van der Waals surface area contributed by atoms with Crippen LogP contribution in [0.3, 0.4) is 0 Å². The highest BCUT2D eigenvalue weighted by Crippen LogP contribution is 2.51. The third-order valence-electron chi connectivity index (χ3n) is 7.99. The Labute approximate surface area is 217 Å². The van der Waals surface area contributed by atoms with Crippen LogP contribution in [-0.2, 0) is 32.1 Å². The first-order valence-corrected chi connectivity index (χ1v) is 12.3. The zero-order valence-electron chi connectivity index (χ0n) is 21.7. The van der Waals surface area contributed by atoms with Gasteiger partial charge < -0.3 is 21.3 Å². The van der Waals surface area contributed by atoms with Crippen molar-refractivity contribution in [2.24, 2.45) is 29.4 Å². The van der Waals surface area contributed by atoms with E-state index in [-0.39, 0.29) is 24.9 Å². The predicted molar refractivity (Wildman–Crippen MR) is 128 cm³/mol. The summed E-state index contributed by atoms with van der Waals surface area (Å²) in [6.07, 6.45) is -0.509. The number of hydrogen-bond acceptors (Lipinski definition) is 9. The maximum atomic E-state index is 15.6. The standard InChI is InChI=1S/C26H31F2N3O7/c1-25(2,3)30-8-11-16(27)10-6-9-7-12-18(31(4)5)21(34)15(24(29)37)23(36)26(12,38)22(35)13(9)19(32)14(10)20(33)17(11)28/h9,12-13,15,18,30,33,38H,6-8H2,1-5H3,(H2,29,37)/t9-,12-,13?,15?,18-,26-/m0/s1. The van der Waals surface area contributed by atoms with E-state index >= 15 is 8.78 Å². The quantitative estimate of drug-likeness (QED) is 0.389. The van der Waals surface area contributed by atoms with Crippen molar-refractivity contribution in [3.63, 3.8) is 0 Å². The zero-order valence-corrected chi connectivity index (χ0v) is 21.7. The van der Waals surface area contributed by atoms with E-state index in [1.54, 1.807) is 20.8 Å². The van der Waals surface area contributed by atoms with Crippen LogP contribution in [-0.4, -0.2) is 75.4 Å². The van der Waals surface area contributed by atoms with E-state index < -0.39 is 98.4 Å². The molecule has 1 aromatic rings. The number of ketones is 4. The first kappa shape index (κ1) is 27.9. The number of aromatic hydroxyl groups is 1. The van der Waals surface area contributed by atoms with Crippen molar-refractivity contribution >= 4 is 29.0 Å². The number of rotatable bonds is 4. The van der Waals surface area contributed by atoms with Crippen LogP contribution in [0.2, 0.25) is 0 Å². The van der Waals surface area contributed by atoms with Crippen molar-refractivity contribution in [3.05, 3.63) is 28.3 Å². The molecule has 2 saturated carbocycles. The van der Waals surface area contributed by atoms with Gasteiger partial charge in [-0.15, -0.1) is 0 Å². The molecule has 0 saturated heterocycles. The summed E-state index contributed by atoms with van der Waals surface area (Å²) in [7, 11) is 2.92. The number of hydrogen-bond donors (Lipinski definition) is 4. The second kappa shape index (κ2) is 8.99. The number of carbonyl (C=O) groups excluding carboxylic acids is 5. The Kier molecular flexibility index (Phi) is 6.61. The molecule has 2 fully saturated rings. The number of aliphatic hydroxyl groups is 1. The van der Waals surface area contributed by atoms with Crippen LogP contribution in [0, 0.1) is 35.3 Å². The number of nitrogens with one attached hydrogen (secondary N) is 1. The fourth-order valence-electron chi connectivity index (χ4n) is 6.23. The highest BCUT2D eigenvalue weighted by molar-refractivity contribution is 6.32. The van der Waals surface area contributed by atoms with Crippen LogP contribution in [0.25, 0.3) is 0 Å². The maximum Gasteiger partial charge on any atom is 0.235 e. The van der Waals surface area contributed by atoms with Gasteiger partial charge in [-0.25, -0.2) is 8.78 Å². The number of amides is 1. The van der Waals surface area contributed by atoms with Crippen LogP contribution in [0.5, 0.6) is 5.75 Å². The SMILES string of the molecule is CN(C)[C@@H]1C(=O)C(C(N)=O)C(=O)[C@@]2(O)C(=O)C3C(=O)c4c(O)c(F)c(CNC(C)(C)C)c(F)c4C[C@H]3C[C@@H]12. The van der Waals surface area contributed by atoms with Gasteiger partial charge in [0.15, 0.2) is 46.2 Å². The van der Waals surface area contributed by atoms with Crippen LogP contribution in [0.4, 0.5) is 8.78 Å². The molecule has 12 heteroatoms. The van der Waals surface area contributed by atoms with Crippen LogP contribution in [0.1, 0.15) is 48.7 Å². The average Bonchev–Trinajstić information content (AvgIpc) is 2.78. The molecule has 0 aromatic heterocycles. The molecule has 3 aliphatic carbocycles. The number of halogens is 2. The fourth-order valence-corrected chi connectivity index (χ4v) is 6.23. The van der Waals surface area contributed by atoms with E-state index in [4.69, 9.17) is 5.73 Å². The van der Waals surface area contributed by atoms with E-state index in [0.717, 1.165) is 0 Å². The molecule has 0 heterocycles. The van der Waals surface area contributed by atoms with Crippen molar-refractivity contribution in [2.45, 2.75) is 57.3 Å². The average molecular weight is 536 g/mol. The summed E-state index contributed by atoms with van der Waals surface area (Å²) in [5.41, 5.74) is 0.383. The van der Waals surface area contributed by atoms with Gasteiger partial charge in [-0.05, 0) is 53.6 Å². The third-order valence-corrected chi connectivity index (χ3v) is 7.99. The second-order valence-electron chi connectivity index (χ2n) is 11.7. The molecular formula is C26H31F2N3O7. The summed E-state index contributed by atoms with van der Waals surface area (Å²) >= 11 is 0. The number of likely N-dealkylation sites (N-methyl/N-ethyl adjacent to an activating group) is 1. The molecule has 10 nitrogen and oxygen atoms in total. The summed E-state index contributed by atoms with van der Waals surface area (Å²) in [5.74, 6) is -15.7. The molecule has 3 aliphatic rings. The highest BCUT2D eigenvalue weighted by atomic mass is 19.1. The molecule has 0 spiro atoms. The topological polar surface area (TPSA) is 167 Å². The van der Waals surface area contributed by atoms with Gasteiger partial charge in [0.2, 0.25) is 5.91 Å². The Morgan fingerprint density at radius 1 is 1.13 bits per heavy atom. The summed E-state index contributed by atoms with van der Waals surface area (Å²) < 4.78 is 30.7. The van der Waals surface area contributed by atoms with Gasteiger partial charge in [-0.1, -0.05) is 0 Å². The molecule has 1 amide bonds. The maximum absolute atomic E-state index is 15.6. The molecule has 206 valence electrons. The van der Waals surface area contributed by atoms with E-state index in [9.17, 15) is 34.2 Å². The number of fused-ring (bicyclic) bond motifs is 3. The van der Waals surface area contributed by atoms with Gasteiger partial charge in [0, 0.05) is 29.1 Å². The summed E-state index contributed by atoms with van der Waals surface area (Å²) in [4.78, 5) is 66.9. The number of Topliss-reactive ketones (excluding diaryl/α,β-unsaturated/α-hetero) is 4. The summed E-state index contributed by atoms with van der Waals surface area (Å²) in [6.45, 7) is 5.05. The molecule has 38 heavy (non-hydrogen) atoms. The molecule has 2 unspecified atom stereocenters. The Morgan fingerprint density at radius 2 is 1.74 bits per heavy atom. The minimum atomic E-state index is -2.90. The lowest BCUT2D eigenvalue weighted by Crippen LogP contribution is -2.74. The zero-order chi connectivity index (χ0) is 28.6. The Hall–Kier alpha value is -3.09. The van der Waals surface area contributed by atoms with Gasteiger partial charge in [0.25, 0.3) is 0 Å². The molecular weight excluding hydrogens is 504 g/mol. The highest BCUT2D eigenvalue weighted by Gasteiger charge is 2.69. The molecule has 4 rings (SSSR count). The molecule has 5 N–H and O–H groups in total. The lowest BCUT2D eigenvalue weighted by atomic mass is 9.52. The second-order valence-corrected chi connectivity index (χ2v) is 11.7. The Morgan fingerprint density at radius 3 is 2.26 bits per heavy atom. The number of phenols is 1. The number of nitrogens with zero attached hydrogens (tertiary/aromatic N) is 1. The minimum Gasteiger partial charge on any atom is -0.504 e. The van der Waals surface area contributed by atoms with Gasteiger partial charge in [-0.2, -0.15) is 0 Å². The van der Waals surface area contributed by atoms with Gasteiger partial charge >= 0.3 is 0 Å². The summed E-state index contributed by atoms with van der Waals surface area (Å²) in [6, 6.07) is -1.27. The van der Waals surface area contributed by atoms with E-state index in [1.165, 1.54) is 19.0 Å². The van der Waals surface area contributed by atoms with E-state index in [2.05, 4.69) is 5.32 Å².